The molecule has 0 aliphatic rings. The zero-order chi connectivity index (χ0) is 7.56. The van der Waals surface area contributed by atoms with E-state index in [0.29, 0.717) is 6.54 Å². The van der Waals surface area contributed by atoms with Crippen LogP contribution in [-0.2, 0) is 0 Å². The lowest BCUT2D eigenvalue weighted by Gasteiger charge is -1.92. The number of nitrogens with two attached hydrogens (primary N) is 1. The van der Waals surface area contributed by atoms with Crippen molar-refractivity contribution in [1.29, 1.82) is 0 Å². The molecule has 1 heterocycles. The lowest BCUT2D eigenvalue weighted by molar-refractivity contribution is 1.24. The Balaban J connectivity index is 2.85. The van der Waals surface area contributed by atoms with Gasteiger partial charge in [0.05, 0.1) is 9.98 Å². The highest BCUT2D eigenvalue weighted by atomic mass is 79.9. The van der Waals surface area contributed by atoms with Crippen LogP contribution in [0.2, 0.25) is 0 Å². The van der Waals surface area contributed by atoms with Crippen molar-refractivity contribution in [3.63, 3.8) is 0 Å². The molecule has 0 aliphatic heterocycles. The molecule has 0 bridgehead atoms. The van der Waals surface area contributed by atoms with Gasteiger partial charge in [-0.25, -0.2) is 4.98 Å². The maximum absolute atomic E-state index is 5.37. The molecule has 0 atom stereocenters. The van der Waals surface area contributed by atoms with E-state index < -0.39 is 0 Å². The average molecular weight is 219 g/mol. The Morgan fingerprint density at radius 3 is 3.00 bits per heavy atom. The average Bonchev–Trinajstić information content (AvgIpc) is 2.34. The van der Waals surface area contributed by atoms with E-state index in [1.165, 1.54) is 0 Å². The smallest absolute Gasteiger partial charge is 0.121 e. The van der Waals surface area contributed by atoms with Crippen LogP contribution in [0.3, 0.4) is 0 Å². The summed E-state index contributed by atoms with van der Waals surface area (Å²) < 4.78 is 1.01. The van der Waals surface area contributed by atoms with Gasteiger partial charge in [-0.15, -0.1) is 11.3 Å². The first-order chi connectivity index (χ1) is 4.74. The second kappa shape index (κ2) is 3.27. The maximum atomic E-state index is 5.37. The van der Waals surface area contributed by atoms with Gasteiger partial charge in [-0.3, -0.25) is 0 Å². The molecule has 54 valence electrons. The minimum absolute atomic E-state index is 0.472. The van der Waals surface area contributed by atoms with Crippen LogP contribution in [0.5, 0.6) is 0 Å². The number of hydrogen-bond acceptors (Lipinski definition) is 3. The summed E-state index contributed by atoms with van der Waals surface area (Å²) in [5.74, 6) is 0. The molecule has 0 amide bonds. The van der Waals surface area contributed by atoms with Crippen molar-refractivity contribution in [3.8, 4) is 0 Å². The number of hydrogen-bond donors (Lipinski definition) is 1. The predicted molar refractivity (Wildman–Crippen MR) is 47.9 cm³/mol. The highest BCUT2D eigenvalue weighted by Crippen LogP contribution is 2.23. The standard InChI is InChI=1S/C6H7BrN2S/c1-4(2-8)6-9-3-5(7)10-6/h3H,1-2,8H2. The summed E-state index contributed by atoms with van der Waals surface area (Å²) in [4.78, 5) is 4.08. The van der Waals surface area contributed by atoms with Gasteiger partial charge in [0.1, 0.15) is 5.01 Å². The van der Waals surface area contributed by atoms with Crippen molar-refractivity contribution in [2.24, 2.45) is 5.73 Å². The lowest BCUT2D eigenvalue weighted by Crippen LogP contribution is -1.99. The van der Waals surface area contributed by atoms with Crippen molar-refractivity contribution < 1.29 is 0 Å². The van der Waals surface area contributed by atoms with Crippen LogP contribution in [0.25, 0.3) is 5.57 Å². The largest absolute Gasteiger partial charge is 0.326 e. The van der Waals surface area contributed by atoms with Gasteiger partial charge in [-0.05, 0) is 21.5 Å². The van der Waals surface area contributed by atoms with Gasteiger partial charge < -0.3 is 5.73 Å². The number of rotatable bonds is 2. The summed E-state index contributed by atoms with van der Waals surface area (Å²) in [6.45, 7) is 4.23. The van der Waals surface area contributed by atoms with Gasteiger partial charge in [0.15, 0.2) is 0 Å². The Morgan fingerprint density at radius 1 is 1.90 bits per heavy atom. The fourth-order valence-corrected chi connectivity index (χ4v) is 1.69. The third kappa shape index (κ3) is 1.65. The maximum Gasteiger partial charge on any atom is 0.121 e. The van der Waals surface area contributed by atoms with E-state index >= 15 is 0 Å². The Morgan fingerprint density at radius 2 is 2.60 bits per heavy atom. The molecule has 0 unspecified atom stereocenters. The van der Waals surface area contributed by atoms with Gasteiger partial charge in [-0.2, -0.15) is 0 Å². The van der Waals surface area contributed by atoms with Crippen LogP contribution >= 0.6 is 27.3 Å². The fraction of sp³-hybridized carbons (Fsp3) is 0.167. The minimum atomic E-state index is 0.472. The first-order valence-corrected chi connectivity index (χ1v) is 4.34. The van der Waals surface area contributed by atoms with Crippen LogP contribution in [0, 0.1) is 0 Å². The van der Waals surface area contributed by atoms with Crippen LogP contribution < -0.4 is 5.73 Å². The molecule has 0 saturated heterocycles. The number of thiazole rings is 1. The van der Waals surface area contributed by atoms with E-state index in [-0.39, 0.29) is 0 Å². The summed E-state index contributed by atoms with van der Waals surface area (Å²) in [5.41, 5.74) is 6.25. The fourth-order valence-electron chi connectivity index (χ4n) is 0.505. The van der Waals surface area contributed by atoms with Gasteiger partial charge in [0.2, 0.25) is 0 Å². The zero-order valence-corrected chi connectivity index (χ0v) is 7.70. The molecule has 1 aromatic heterocycles. The van der Waals surface area contributed by atoms with Gasteiger partial charge in [-0.1, -0.05) is 6.58 Å². The molecule has 0 fully saturated rings. The van der Waals surface area contributed by atoms with E-state index in [2.05, 4.69) is 27.5 Å². The van der Waals surface area contributed by atoms with Crippen molar-refractivity contribution >= 4 is 32.8 Å². The third-order valence-electron chi connectivity index (χ3n) is 1.03. The molecule has 0 aromatic carbocycles. The lowest BCUT2D eigenvalue weighted by atomic mass is 10.3. The van der Waals surface area contributed by atoms with Gasteiger partial charge >= 0.3 is 0 Å². The highest BCUT2D eigenvalue weighted by molar-refractivity contribution is 9.11. The molecule has 0 radical (unpaired) electrons. The summed E-state index contributed by atoms with van der Waals surface area (Å²) in [6, 6.07) is 0. The second-order valence-electron chi connectivity index (χ2n) is 1.78. The molecule has 10 heavy (non-hydrogen) atoms. The molecule has 0 aliphatic carbocycles. The molecular formula is C6H7BrN2S. The van der Waals surface area contributed by atoms with Crippen molar-refractivity contribution in [3.05, 3.63) is 21.6 Å². The Bertz CT molecular complexity index is 244. The molecule has 2 nitrogen and oxygen atoms in total. The van der Waals surface area contributed by atoms with E-state index in [0.717, 1.165) is 14.4 Å². The van der Waals surface area contributed by atoms with E-state index in [4.69, 9.17) is 5.73 Å². The van der Waals surface area contributed by atoms with Gasteiger partial charge in [0.25, 0.3) is 0 Å². The summed E-state index contributed by atoms with van der Waals surface area (Å²) in [6.07, 6.45) is 1.75. The third-order valence-corrected chi connectivity index (χ3v) is 2.60. The zero-order valence-electron chi connectivity index (χ0n) is 5.30. The van der Waals surface area contributed by atoms with Crippen LogP contribution in [0.4, 0.5) is 0 Å². The minimum Gasteiger partial charge on any atom is -0.326 e. The Labute approximate surface area is 71.9 Å². The first-order valence-electron chi connectivity index (χ1n) is 2.73. The Kier molecular flexibility index (Phi) is 2.59. The highest BCUT2D eigenvalue weighted by Gasteiger charge is 2.00. The molecule has 0 saturated carbocycles. The molecule has 2 N–H and O–H groups in total. The molecule has 1 aromatic rings. The first kappa shape index (κ1) is 7.91. The number of nitrogens with zero attached hydrogens (tertiary/aromatic N) is 1. The molecular weight excluding hydrogens is 212 g/mol. The number of aromatic nitrogens is 1. The van der Waals surface area contributed by atoms with Crippen molar-refractivity contribution in [2.75, 3.05) is 6.54 Å². The van der Waals surface area contributed by atoms with Crippen molar-refractivity contribution in [1.82, 2.24) is 4.98 Å². The SMILES string of the molecule is C=C(CN)c1ncc(Br)s1. The van der Waals surface area contributed by atoms with E-state index in [1.54, 1.807) is 17.5 Å². The summed E-state index contributed by atoms with van der Waals surface area (Å²) in [5, 5.41) is 0.911. The number of halogens is 1. The van der Waals surface area contributed by atoms with Crippen LogP contribution in [-0.4, -0.2) is 11.5 Å². The topological polar surface area (TPSA) is 38.9 Å². The van der Waals surface area contributed by atoms with Gasteiger partial charge in [0, 0.05) is 6.54 Å². The quantitative estimate of drug-likeness (QED) is 0.824. The summed E-state index contributed by atoms with van der Waals surface area (Å²) in [7, 11) is 0. The molecule has 0 spiro atoms. The molecule has 4 heteroatoms. The Hall–Kier alpha value is -0.190. The normalized spacial score (nSPS) is 9.80. The predicted octanol–water partition coefficient (Wildman–Crippen LogP) is 1.88. The van der Waals surface area contributed by atoms with Crippen LogP contribution in [0.1, 0.15) is 5.01 Å². The monoisotopic (exact) mass is 218 g/mol. The molecule has 1 rings (SSSR count). The van der Waals surface area contributed by atoms with E-state index in [9.17, 15) is 0 Å². The van der Waals surface area contributed by atoms with Crippen LogP contribution in [0.15, 0.2) is 16.6 Å². The summed E-state index contributed by atoms with van der Waals surface area (Å²) >= 11 is 4.85. The van der Waals surface area contributed by atoms with E-state index in [1.807, 2.05) is 0 Å². The van der Waals surface area contributed by atoms with Crippen molar-refractivity contribution in [2.45, 2.75) is 0 Å². The second-order valence-corrected chi connectivity index (χ2v) is 4.19.